The number of sulfonamides is 1. The van der Waals surface area contributed by atoms with Crippen molar-refractivity contribution >= 4 is 31.6 Å². The molecule has 0 spiro atoms. The summed E-state index contributed by atoms with van der Waals surface area (Å²) in [7, 11) is -3.69. The van der Waals surface area contributed by atoms with Crippen LogP contribution in [0.4, 0.5) is 5.69 Å². The molecule has 2 rings (SSSR count). The highest BCUT2D eigenvalue weighted by Gasteiger charge is 2.21. The third-order valence-electron chi connectivity index (χ3n) is 3.10. The number of hydrogen-bond donors (Lipinski definition) is 2. The molecule has 1 heterocycles. The third-order valence-corrected chi connectivity index (χ3v) is 5.84. The average molecular weight is 373 g/mol. The molecule has 21 heavy (non-hydrogen) atoms. The van der Waals surface area contributed by atoms with Gasteiger partial charge in [-0.3, -0.25) is 4.72 Å². The molecular formula is C14H17BrN2O3S. The Labute approximate surface area is 132 Å². The van der Waals surface area contributed by atoms with Gasteiger partial charge in [0, 0.05) is 16.2 Å². The maximum Gasteiger partial charge on any atom is 0.265 e. The minimum Gasteiger partial charge on any atom is -0.464 e. The Morgan fingerprint density at radius 3 is 2.24 bits per heavy atom. The number of anilines is 1. The van der Waals surface area contributed by atoms with E-state index in [0.717, 1.165) is 15.6 Å². The summed E-state index contributed by atoms with van der Waals surface area (Å²) in [6.07, 6.45) is 0. The van der Waals surface area contributed by atoms with Gasteiger partial charge in [0.25, 0.3) is 10.0 Å². The number of furan rings is 1. The Bertz CT molecular complexity index is 759. The van der Waals surface area contributed by atoms with Crippen LogP contribution in [0.2, 0.25) is 0 Å². The van der Waals surface area contributed by atoms with Gasteiger partial charge in [-0.05, 0) is 44.0 Å². The van der Waals surface area contributed by atoms with Gasteiger partial charge in [-0.2, -0.15) is 0 Å². The van der Waals surface area contributed by atoms with Gasteiger partial charge >= 0.3 is 0 Å². The standard InChI is InChI=1S/C14H17BrN2O3S/c1-8-4-11(5-9(2)14(8)15)17-21(18,19)13-6-12(7-16)20-10(13)3/h4-6,17H,7,16H2,1-3H3. The summed E-state index contributed by atoms with van der Waals surface area (Å²) in [5.74, 6) is 0.768. The summed E-state index contributed by atoms with van der Waals surface area (Å²) in [5, 5.41) is 0. The average Bonchev–Trinajstić information content (AvgIpc) is 2.77. The number of rotatable bonds is 4. The van der Waals surface area contributed by atoms with Crippen LogP contribution in [0.25, 0.3) is 0 Å². The first kappa shape index (κ1) is 16.1. The number of hydrogen-bond acceptors (Lipinski definition) is 4. The summed E-state index contributed by atoms with van der Waals surface area (Å²) in [5.41, 5.74) is 7.90. The molecule has 0 radical (unpaired) electrons. The number of nitrogens with two attached hydrogens (primary N) is 1. The Balaban J connectivity index is 2.39. The predicted molar refractivity (Wildman–Crippen MR) is 85.8 cm³/mol. The Morgan fingerprint density at radius 2 is 1.76 bits per heavy atom. The highest BCUT2D eigenvalue weighted by atomic mass is 79.9. The lowest BCUT2D eigenvalue weighted by atomic mass is 10.1. The van der Waals surface area contributed by atoms with Gasteiger partial charge in [0.2, 0.25) is 0 Å². The maximum absolute atomic E-state index is 12.4. The summed E-state index contributed by atoms with van der Waals surface area (Å²) in [6, 6.07) is 5.00. The van der Waals surface area contributed by atoms with Gasteiger partial charge in [0.05, 0.1) is 6.54 Å². The smallest absolute Gasteiger partial charge is 0.265 e. The number of nitrogens with one attached hydrogen (secondary N) is 1. The lowest BCUT2D eigenvalue weighted by molar-refractivity contribution is 0.479. The second-order valence-electron chi connectivity index (χ2n) is 4.87. The predicted octanol–water partition coefficient (Wildman–Crippen LogP) is 3.23. The molecule has 0 fully saturated rings. The molecule has 0 atom stereocenters. The van der Waals surface area contributed by atoms with Crippen molar-refractivity contribution in [3.8, 4) is 0 Å². The van der Waals surface area contributed by atoms with Gasteiger partial charge in [0.1, 0.15) is 16.4 Å². The molecule has 0 unspecified atom stereocenters. The van der Waals surface area contributed by atoms with Crippen LogP contribution in [0.1, 0.15) is 22.6 Å². The fourth-order valence-corrected chi connectivity index (χ4v) is 3.58. The zero-order valence-corrected chi connectivity index (χ0v) is 14.4. The lowest BCUT2D eigenvalue weighted by Crippen LogP contribution is -2.13. The van der Waals surface area contributed by atoms with Gasteiger partial charge < -0.3 is 10.2 Å². The summed E-state index contributed by atoms with van der Waals surface area (Å²) < 4.78 is 33.7. The monoisotopic (exact) mass is 372 g/mol. The van der Waals surface area contributed by atoms with E-state index in [1.807, 2.05) is 13.8 Å². The van der Waals surface area contributed by atoms with Crippen molar-refractivity contribution in [3.05, 3.63) is 45.3 Å². The Kier molecular flexibility index (Phi) is 4.46. The molecule has 0 bridgehead atoms. The summed E-state index contributed by atoms with van der Waals surface area (Å²) in [6.45, 7) is 5.58. The minimum absolute atomic E-state index is 0.112. The molecule has 1 aromatic carbocycles. The van der Waals surface area contributed by atoms with Crippen molar-refractivity contribution < 1.29 is 12.8 Å². The minimum atomic E-state index is -3.69. The van der Waals surface area contributed by atoms with Crippen molar-refractivity contribution in [1.29, 1.82) is 0 Å². The third kappa shape index (κ3) is 3.30. The molecule has 5 nitrogen and oxygen atoms in total. The van der Waals surface area contributed by atoms with Crippen LogP contribution in [-0.4, -0.2) is 8.42 Å². The Hall–Kier alpha value is -1.31. The van der Waals surface area contributed by atoms with E-state index in [1.54, 1.807) is 19.1 Å². The van der Waals surface area contributed by atoms with Crippen molar-refractivity contribution in [2.75, 3.05) is 4.72 Å². The number of halogens is 1. The zero-order valence-electron chi connectivity index (χ0n) is 12.0. The molecule has 2 aromatic rings. The first-order valence-electron chi connectivity index (χ1n) is 6.33. The van der Waals surface area contributed by atoms with Crippen LogP contribution in [0, 0.1) is 20.8 Å². The molecular weight excluding hydrogens is 356 g/mol. The maximum atomic E-state index is 12.4. The van der Waals surface area contributed by atoms with E-state index in [9.17, 15) is 8.42 Å². The van der Waals surface area contributed by atoms with E-state index in [-0.39, 0.29) is 11.4 Å². The highest BCUT2D eigenvalue weighted by molar-refractivity contribution is 9.10. The van der Waals surface area contributed by atoms with Gasteiger partial charge in [-0.1, -0.05) is 15.9 Å². The molecule has 7 heteroatoms. The zero-order chi connectivity index (χ0) is 15.8. The summed E-state index contributed by atoms with van der Waals surface area (Å²) >= 11 is 3.46. The molecule has 0 saturated heterocycles. The van der Waals surface area contributed by atoms with E-state index >= 15 is 0 Å². The van der Waals surface area contributed by atoms with E-state index in [1.165, 1.54) is 6.07 Å². The molecule has 0 aliphatic heterocycles. The molecule has 0 aliphatic carbocycles. The second kappa shape index (κ2) is 5.82. The van der Waals surface area contributed by atoms with Gasteiger partial charge in [-0.15, -0.1) is 0 Å². The van der Waals surface area contributed by atoms with Crippen LogP contribution in [0.5, 0.6) is 0 Å². The van der Waals surface area contributed by atoms with E-state index in [2.05, 4.69) is 20.7 Å². The summed E-state index contributed by atoms with van der Waals surface area (Å²) in [4.78, 5) is 0.112. The quantitative estimate of drug-likeness (QED) is 0.862. The molecule has 0 saturated carbocycles. The van der Waals surface area contributed by atoms with Crippen LogP contribution in [-0.2, 0) is 16.6 Å². The fourth-order valence-electron chi connectivity index (χ4n) is 2.11. The van der Waals surface area contributed by atoms with Crippen molar-refractivity contribution in [3.63, 3.8) is 0 Å². The largest absolute Gasteiger partial charge is 0.464 e. The fraction of sp³-hybridized carbons (Fsp3) is 0.286. The first-order chi connectivity index (χ1) is 9.74. The molecule has 114 valence electrons. The van der Waals surface area contributed by atoms with E-state index in [0.29, 0.717) is 17.2 Å². The van der Waals surface area contributed by atoms with Crippen LogP contribution < -0.4 is 10.5 Å². The van der Waals surface area contributed by atoms with Crippen LogP contribution in [0.15, 0.2) is 32.0 Å². The Morgan fingerprint density at radius 1 is 1.19 bits per heavy atom. The van der Waals surface area contributed by atoms with Gasteiger partial charge in [-0.25, -0.2) is 8.42 Å². The van der Waals surface area contributed by atoms with E-state index < -0.39 is 10.0 Å². The molecule has 0 amide bonds. The number of aryl methyl sites for hydroxylation is 3. The second-order valence-corrected chi connectivity index (χ2v) is 7.31. The van der Waals surface area contributed by atoms with E-state index in [4.69, 9.17) is 10.2 Å². The molecule has 3 N–H and O–H groups in total. The van der Waals surface area contributed by atoms with Crippen molar-refractivity contribution in [1.82, 2.24) is 0 Å². The van der Waals surface area contributed by atoms with Crippen molar-refractivity contribution in [2.45, 2.75) is 32.2 Å². The SMILES string of the molecule is Cc1cc(NS(=O)(=O)c2cc(CN)oc2C)cc(C)c1Br. The van der Waals surface area contributed by atoms with Crippen LogP contribution >= 0.6 is 15.9 Å². The highest BCUT2D eigenvalue weighted by Crippen LogP contribution is 2.28. The normalized spacial score (nSPS) is 11.7. The van der Waals surface area contributed by atoms with Crippen molar-refractivity contribution in [2.24, 2.45) is 5.73 Å². The van der Waals surface area contributed by atoms with Gasteiger partial charge in [0.15, 0.2) is 0 Å². The molecule has 1 aromatic heterocycles. The number of benzene rings is 1. The first-order valence-corrected chi connectivity index (χ1v) is 8.61. The van der Waals surface area contributed by atoms with Crippen LogP contribution in [0.3, 0.4) is 0 Å². The molecule has 0 aliphatic rings. The lowest BCUT2D eigenvalue weighted by Gasteiger charge is -2.10. The topological polar surface area (TPSA) is 85.3 Å².